The lowest BCUT2D eigenvalue weighted by Crippen LogP contribution is -2.45. The van der Waals surface area contributed by atoms with Gasteiger partial charge in [-0.2, -0.15) is 0 Å². The van der Waals surface area contributed by atoms with Crippen molar-refractivity contribution < 1.29 is 20.1 Å². The first kappa shape index (κ1) is 64.0. The largest absolute Gasteiger partial charge is 0.394 e. The van der Waals surface area contributed by atoms with Crippen molar-refractivity contribution in [3.8, 4) is 0 Å². The van der Waals surface area contributed by atoms with Gasteiger partial charge in [0.1, 0.15) is 0 Å². The van der Waals surface area contributed by atoms with Crippen LogP contribution >= 0.6 is 0 Å². The van der Waals surface area contributed by atoms with Crippen LogP contribution in [0.4, 0.5) is 0 Å². The molecule has 0 fully saturated rings. The molecular formula is C61H113NO4. The summed E-state index contributed by atoms with van der Waals surface area (Å²) < 4.78 is 0. The normalized spacial score (nSPS) is 13.7. The van der Waals surface area contributed by atoms with Crippen molar-refractivity contribution >= 4 is 5.91 Å². The van der Waals surface area contributed by atoms with Gasteiger partial charge in [-0.15, -0.1) is 0 Å². The van der Waals surface area contributed by atoms with Gasteiger partial charge >= 0.3 is 0 Å². The standard InChI is InChI=1S/C61H113NO4/c1-3-5-7-9-11-13-15-17-19-20-21-22-23-24-25-26-27-28-29-30-31-32-33-34-35-36-37-38-39-40-41-42-44-46-48-50-52-54-58(64)56-61(66)62-59(57-63)60(65)55-53-51-49-47-45-43-18-16-14-12-10-8-6-4-2/h14,16,27-28,30-31,45,47,53,55,58-60,63-65H,3-13,15,17-26,29,32-44,46,48-52,54,56-57H2,1-2H3,(H,62,66)/b16-14+,28-27-,31-30-,47-45+,55-53+. The Bertz CT molecular complexity index is 1110. The van der Waals surface area contributed by atoms with Crippen LogP contribution in [0.1, 0.15) is 296 Å². The molecule has 5 heteroatoms. The van der Waals surface area contributed by atoms with E-state index in [1.54, 1.807) is 6.08 Å². The summed E-state index contributed by atoms with van der Waals surface area (Å²) in [5, 5.41) is 33.3. The van der Waals surface area contributed by atoms with Crippen molar-refractivity contribution in [2.24, 2.45) is 0 Å². The minimum atomic E-state index is -0.961. The van der Waals surface area contributed by atoms with Crippen LogP contribution in [0.25, 0.3) is 0 Å². The summed E-state index contributed by atoms with van der Waals surface area (Å²) in [4.78, 5) is 12.5. The van der Waals surface area contributed by atoms with Crippen molar-refractivity contribution in [2.45, 2.75) is 315 Å². The molecule has 3 unspecified atom stereocenters. The zero-order chi connectivity index (χ0) is 47.9. The number of aliphatic hydroxyl groups is 3. The average Bonchev–Trinajstić information content (AvgIpc) is 3.31. The number of aliphatic hydroxyl groups excluding tert-OH is 3. The zero-order valence-corrected chi connectivity index (χ0v) is 44.1. The molecule has 0 saturated heterocycles. The number of hydrogen-bond acceptors (Lipinski definition) is 4. The minimum Gasteiger partial charge on any atom is -0.394 e. The van der Waals surface area contributed by atoms with Gasteiger partial charge in [-0.25, -0.2) is 0 Å². The zero-order valence-electron chi connectivity index (χ0n) is 44.1. The van der Waals surface area contributed by atoms with E-state index in [4.69, 9.17) is 0 Å². The number of allylic oxidation sites excluding steroid dienone is 9. The van der Waals surface area contributed by atoms with Gasteiger partial charge in [0.2, 0.25) is 5.91 Å². The van der Waals surface area contributed by atoms with Crippen molar-refractivity contribution in [1.29, 1.82) is 0 Å². The van der Waals surface area contributed by atoms with E-state index in [-0.39, 0.29) is 18.9 Å². The molecule has 0 radical (unpaired) electrons. The van der Waals surface area contributed by atoms with Crippen LogP contribution in [-0.2, 0) is 4.79 Å². The topological polar surface area (TPSA) is 89.8 Å². The second-order valence-corrected chi connectivity index (χ2v) is 19.9. The third-order valence-electron chi connectivity index (χ3n) is 13.3. The fourth-order valence-electron chi connectivity index (χ4n) is 8.82. The Morgan fingerprint density at radius 2 is 0.697 bits per heavy atom. The van der Waals surface area contributed by atoms with Crippen LogP contribution in [0, 0.1) is 0 Å². The molecule has 3 atom stereocenters. The molecule has 386 valence electrons. The molecule has 0 aromatic carbocycles. The van der Waals surface area contributed by atoms with E-state index in [9.17, 15) is 20.1 Å². The second kappa shape index (κ2) is 55.6. The lowest BCUT2D eigenvalue weighted by Gasteiger charge is -2.21. The number of hydrogen-bond donors (Lipinski definition) is 4. The summed E-state index contributed by atoms with van der Waals surface area (Å²) in [5.74, 6) is -0.329. The van der Waals surface area contributed by atoms with Crippen LogP contribution in [0.3, 0.4) is 0 Å². The smallest absolute Gasteiger partial charge is 0.222 e. The molecule has 4 N–H and O–H groups in total. The molecule has 0 saturated carbocycles. The van der Waals surface area contributed by atoms with Crippen molar-refractivity contribution in [2.75, 3.05) is 6.61 Å². The van der Waals surface area contributed by atoms with Crippen LogP contribution in [0.2, 0.25) is 0 Å². The van der Waals surface area contributed by atoms with Gasteiger partial charge in [0.05, 0.1) is 31.3 Å². The Morgan fingerprint density at radius 3 is 1.08 bits per heavy atom. The SMILES string of the molecule is CCCCCC/C=C/CC/C=C/CC/C=C/C(O)C(CO)NC(=O)CC(O)CCCCCCCCCCCCCCCCC/C=C\C/C=C\CCCCCCCCCCCCCCCCC. The van der Waals surface area contributed by atoms with E-state index in [0.717, 1.165) is 44.9 Å². The van der Waals surface area contributed by atoms with E-state index in [1.807, 2.05) is 6.08 Å². The summed E-state index contributed by atoms with van der Waals surface area (Å²) in [7, 11) is 0. The quantitative estimate of drug-likeness (QED) is 0.0361. The monoisotopic (exact) mass is 924 g/mol. The van der Waals surface area contributed by atoms with E-state index in [0.29, 0.717) is 6.42 Å². The molecule has 5 nitrogen and oxygen atoms in total. The number of rotatable bonds is 53. The molecule has 0 bridgehead atoms. The summed E-state index contributed by atoms with van der Waals surface area (Å²) in [6.07, 6.45) is 75.8. The Hall–Kier alpha value is -1.95. The molecule has 0 aliphatic rings. The minimum absolute atomic E-state index is 0.00123. The van der Waals surface area contributed by atoms with Crippen molar-refractivity contribution in [3.63, 3.8) is 0 Å². The van der Waals surface area contributed by atoms with Crippen LogP contribution < -0.4 is 5.32 Å². The van der Waals surface area contributed by atoms with Gasteiger partial charge in [0.25, 0.3) is 0 Å². The Balaban J connectivity index is 3.52. The first-order chi connectivity index (χ1) is 32.5. The number of carbonyl (C=O) groups is 1. The molecule has 1 amide bonds. The summed E-state index contributed by atoms with van der Waals surface area (Å²) in [6.45, 7) is 4.19. The Morgan fingerprint density at radius 1 is 0.394 bits per heavy atom. The average molecular weight is 925 g/mol. The fourth-order valence-corrected chi connectivity index (χ4v) is 8.82. The lowest BCUT2D eigenvalue weighted by atomic mass is 10.0. The first-order valence-corrected chi connectivity index (χ1v) is 29.1. The van der Waals surface area contributed by atoms with E-state index in [1.165, 1.54) is 225 Å². The molecule has 0 heterocycles. The van der Waals surface area contributed by atoms with Gasteiger partial charge in [-0.1, -0.05) is 274 Å². The van der Waals surface area contributed by atoms with Crippen LogP contribution in [-0.4, -0.2) is 46.1 Å². The molecular weight excluding hydrogens is 811 g/mol. The van der Waals surface area contributed by atoms with E-state index < -0.39 is 18.2 Å². The number of carbonyl (C=O) groups excluding carboxylic acids is 1. The molecule has 0 spiro atoms. The predicted molar refractivity (Wildman–Crippen MR) is 291 cm³/mol. The molecule has 0 aliphatic heterocycles. The van der Waals surface area contributed by atoms with Gasteiger partial charge < -0.3 is 20.6 Å². The molecule has 0 aliphatic carbocycles. The summed E-state index contributed by atoms with van der Waals surface area (Å²) in [6, 6.07) is -0.769. The highest BCUT2D eigenvalue weighted by atomic mass is 16.3. The molecule has 0 rings (SSSR count). The summed E-state index contributed by atoms with van der Waals surface area (Å²) >= 11 is 0. The van der Waals surface area contributed by atoms with Gasteiger partial charge in [-0.3, -0.25) is 4.79 Å². The van der Waals surface area contributed by atoms with Gasteiger partial charge in [0, 0.05) is 0 Å². The maximum atomic E-state index is 12.5. The van der Waals surface area contributed by atoms with E-state index >= 15 is 0 Å². The molecule has 66 heavy (non-hydrogen) atoms. The highest BCUT2D eigenvalue weighted by molar-refractivity contribution is 5.76. The Kier molecular flexibility index (Phi) is 54.0. The third-order valence-corrected chi connectivity index (χ3v) is 13.3. The summed E-state index contributed by atoms with van der Waals surface area (Å²) in [5.41, 5.74) is 0. The predicted octanol–water partition coefficient (Wildman–Crippen LogP) is 18.2. The second-order valence-electron chi connectivity index (χ2n) is 19.9. The number of unbranched alkanes of at least 4 members (excludes halogenated alkanes) is 36. The fraction of sp³-hybridized carbons (Fsp3) is 0.820. The Labute approximate surface area is 411 Å². The third kappa shape index (κ3) is 51.4. The van der Waals surface area contributed by atoms with Crippen molar-refractivity contribution in [1.82, 2.24) is 5.32 Å². The van der Waals surface area contributed by atoms with Crippen LogP contribution in [0.5, 0.6) is 0 Å². The highest BCUT2D eigenvalue weighted by Crippen LogP contribution is 2.17. The van der Waals surface area contributed by atoms with Gasteiger partial charge in [0.15, 0.2) is 0 Å². The first-order valence-electron chi connectivity index (χ1n) is 29.1. The maximum Gasteiger partial charge on any atom is 0.222 e. The van der Waals surface area contributed by atoms with E-state index in [2.05, 4.69) is 67.8 Å². The molecule has 0 aromatic rings. The van der Waals surface area contributed by atoms with Crippen molar-refractivity contribution in [3.05, 3.63) is 60.8 Å². The molecule has 0 aromatic heterocycles. The highest BCUT2D eigenvalue weighted by Gasteiger charge is 2.20. The maximum absolute atomic E-state index is 12.5. The number of amides is 1. The lowest BCUT2D eigenvalue weighted by molar-refractivity contribution is -0.124. The van der Waals surface area contributed by atoms with Gasteiger partial charge in [-0.05, 0) is 77.0 Å². The van der Waals surface area contributed by atoms with Crippen LogP contribution in [0.15, 0.2) is 60.8 Å². The number of nitrogens with one attached hydrogen (secondary N) is 1.